The molecule has 100 valence electrons. The molecule has 1 unspecified atom stereocenters. The van der Waals surface area contributed by atoms with Crippen LogP contribution in [0.4, 0.5) is 5.95 Å². The molecule has 0 spiro atoms. The minimum atomic E-state index is 0.646. The van der Waals surface area contributed by atoms with E-state index in [0.717, 1.165) is 30.4 Å². The maximum absolute atomic E-state index is 5.51. The van der Waals surface area contributed by atoms with Crippen LogP contribution in [0.25, 0.3) is 0 Å². The molecule has 1 aliphatic heterocycles. The summed E-state index contributed by atoms with van der Waals surface area (Å²) in [5.74, 6) is 1.54. The third kappa shape index (κ3) is 3.40. The molecule has 0 bridgehead atoms. The molecule has 5 nitrogen and oxygen atoms in total. The van der Waals surface area contributed by atoms with Crippen LogP contribution in [-0.2, 0) is 6.42 Å². The summed E-state index contributed by atoms with van der Waals surface area (Å²) < 4.78 is 0. The van der Waals surface area contributed by atoms with E-state index in [1.807, 2.05) is 12.4 Å². The molecule has 1 fully saturated rings. The Morgan fingerprint density at radius 1 is 1.44 bits per heavy atom. The van der Waals surface area contributed by atoms with E-state index in [4.69, 9.17) is 5.73 Å². The number of nitrogens with zero attached hydrogens (tertiary/aromatic N) is 4. The van der Waals surface area contributed by atoms with Gasteiger partial charge in [0.1, 0.15) is 0 Å². The molecular weight excluding hydrogens is 226 g/mol. The molecule has 2 N–H and O–H groups in total. The number of hydrogen-bond acceptors (Lipinski definition) is 5. The fourth-order valence-electron chi connectivity index (χ4n) is 2.49. The Bertz CT molecular complexity index is 364. The molecule has 1 aliphatic rings. The van der Waals surface area contributed by atoms with Crippen LogP contribution < -0.4 is 10.6 Å². The standard InChI is InChI=1S/C13H23N5/c1-17-6-4-12(9-17)10-18(2)13-15-7-11(3-5-14)8-16-13/h7-8,12H,3-6,9-10,14H2,1-2H3. The fourth-order valence-corrected chi connectivity index (χ4v) is 2.49. The summed E-state index contributed by atoms with van der Waals surface area (Å²) in [7, 11) is 4.24. The van der Waals surface area contributed by atoms with E-state index in [9.17, 15) is 0 Å². The highest BCUT2D eigenvalue weighted by atomic mass is 15.2. The lowest BCUT2D eigenvalue weighted by Crippen LogP contribution is -2.28. The molecule has 1 saturated heterocycles. The van der Waals surface area contributed by atoms with Crippen LogP contribution in [0.3, 0.4) is 0 Å². The molecule has 1 aromatic heterocycles. The van der Waals surface area contributed by atoms with Crippen molar-refractivity contribution in [1.29, 1.82) is 0 Å². The van der Waals surface area contributed by atoms with Crippen LogP contribution in [0.2, 0.25) is 0 Å². The van der Waals surface area contributed by atoms with Crippen molar-refractivity contribution >= 4 is 5.95 Å². The average molecular weight is 249 g/mol. The van der Waals surface area contributed by atoms with Crippen molar-refractivity contribution in [3.63, 3.8) is 0 Å². The molecule has 0 amide bonds. The van der Waals surface area contributed by atoms with Gasteiger partial charge in [0.2, 0.25) is 5.95 Å². The number of rotatable bonds is 5. The largest absolute Gasteiger partial charge is 0.344 e. The third-order valence-corrected chi connectivity index (χ3v) is 3.49. The first-order chi connectivity index (χ1) is 8.69. The Labute approximate surface area is 109 Å². The van der Waals surface area contributed by atoms with Crippen LogP contribution in [0.1, 0.15) is 12.0 Å². The molecule has 1 atom stereocenters. The van der Waals surface area contributed by atoms with Gasteiger partial charge in [-0.3, -0.25) is 0 Å². The molecular formula is C13H23N5. The van der Waals surface area contributed by atoms with Gasteiger partial charge in [0.25, 0.3) is 0 Å². The van der Waals surface area contributed by atoms with Crippen LogP contribution in [0.5, 0.6) is 0 Å². The molecule has 2 rings (SSSR count). The molecule has 1 aromatic rings. The SMILES string of the molecule is CN1CCC(CN(C)c2ncc(CCN)cn2)C1. The zero-order chi connectivity index (χ0) is 13.0. The summed E-state index contributed by atoms with van der Waals surface area (Å²) in [5.41, 5.74) is 6.62. The average Bonchev–Trinajstić information content (AvgIpc) is 2.76. The summed E-state index contributed by atoms with van der Waals surface area (Å²) in [6.07, 6.45) is 5.88. The highest BCUT2D eigenvalue weighted by Crippen LogP contribution is 2.17. The first-order valence-corrected chi connectivity index (χ1v) is 6.59. The fraction of sp³-hybridized carbons (Fsp3) is 0.692. The smallest absolute Gasteiger partial charge is 0.225 e. The van der Waals surface area contributed by atoms with Crippen LogP contribution in [-0.4, -0.2) is 55.1 Å². The predicted molar refractivity (Wildman–Crippen MR) is 73.7 cm³/mol. The molecule has 0 saturated carbocycles. The van der Waals surface area contributed by atoms with Gasteiger partial charge in [-0.2, -0.15) is 0 Å². The normalized spacial score (nSPS) is 20.3. The van der Waals surface area contributed by atoms with E-state index in [0.29, 0.717) is 6.54 Å². The van der Waals surface area contributed by atoms with E-state index in [-0.39, 0.29) is 0 Å². The van der Waals surface area contributed by atoms with Gasteiger partial charge < -0.3 is 15.5 Å². The Balaban J connectivity index is 1.90. The van der Waals surface area contributed by atoms with Crippen molar-refractivity contribution in [2.45, 2.75) is 12.8 Å². The van der Waals surface area contributed by atoms with Crippen molar-refractivity contribution in [2.24, 2.45) is 11.7 Å². The first-order valence-electron chi connectivity index (χ1n) is 6.59. The highest BCUT2D eigenvalue weighted by molar-refractivity contribution is 5.28. The maximum Gasteiger partial charge on any atom is 0.225 e. The van der Waals surface area contributed by atoms with Crippen LogP contribution in [0, 0.1) is 5.92 Å². The van der Waals surface area contributed by atoms with E-state index in [2.05, 4.69) is 33.9 Å². The van der Waals surface area contributed by atoms with Gasteiger partial charge in [-0.15, -0.1) is 0 Å². The number of nitrogens with two attached hydrogens (primary N) is 1. The third-order valence-electron chi connectivity index (χ3n) is 3.49. The van der Waals surface area contributed by atoms with E-state index >= 15 is 0 Å². The van der Waals surface area contributed by atoms with Gasteiger partial charge in [0, 0.05) is 32.5 Å². The van der Waals surface area contributed by atoms with Crippen molar-refractivity contribution in [3.05, 3.63) is 18.0 Å². The van der Waals surface area contributed by atoms with Gasteiger partial charge in [0.05, 0.1) is 0 Å². The lowest BCUT2D eigenvalue weighted by Gasteiger charge is -2.21. The summed E-state index contributed by atoms with van der Waals surface area (Å²) in [6, 6.07) is 0. The topological polar surface area (TPSA) is 58.3 Å². The Kier molecular flexibility index (Phi) is 4.49. The van der Waals surface area contributed by atoms with Crippen LogP contribution >= 0.6 is 0 Å². The summed E-state index contributed by atoms with van der Waals surface area (Å²) >= 11 is 0. The van der Waals surface area contributed by atoms with Gasteiger partial charge in [0.15, 0.2) is 0 Å². The number of hydrogen-bond donors (Lipinski definition) is 1. The number of anilines is 1. The van der Waals surface area contributed by atoms with Crippen molar-refractivity contribution in [2.75, 3.05) is 45.2 Å². The van der Waals surface area contributed by atoms with Gasteiger partial charge >= 0.3 is 0 Å². The second-order valence-corrected chi connectivity index (χ2v) is 5.23. The van der Waals surface area contributed by atoms with Crippen molar-refractivity contribution in [1.82, 2.24) is 14.9 Å². The van der Waals surface area contributed by atoms with E-state index < -0.39 is 0 Å². The van der Waals surface area contributed by atoms with Crippen LogP contribution in [0.15, 0.2) is 12.4 Å². The zero-order valence-electron chi connectivity index (χ0n) is 11.3. The van der Waals surface area contributed by atoms with E-state index in [1.54, 1.807) is 0 Å². The summed E-state index contributed by atoms with van der Waals surface area (Å²) in [4.78, 5) is 13.3. The highest BCUT2D eigenvalue weighted by Gasteiger charge is 2.21. The maximum atomic E-state index is 5.51. The van der Waals surface area contributed by atoms with Crippen molar-refractivity contribution < 1.29 is 0 Å². The Hall–Kier alpha value is -1.20. The Morgan fingerprint density at radius 3 is 2.72 bits per heavy atom. The minimum Gasteiger partial charge on any atom is -0.344 e. The first kappa shape index (κ1) is 13.2. The zero-order valence-corrected chi connectivity index (χ0v) is 11.3. The predicted octanol–water partition coefficient (Wildman–Crippen LogP) is 0.366. The lowest BCUT2D eigenvalue weighted by molar-refractivity contribution is 0.395. The van der Waals surface area contributed by atoms with Gasteiger partial charge in [-0.1, -0.05) is 0 Å². The van der Waals surface area contributed by atoms with Gasteiger partial charge in [-0.25, -0.2) is 9.97 Å². The lowest BCUT2D eigenvalue weighted by atomic mass is 10.1. The minimum absolute atomic E-state index is 0.646. The molecule has 18 heavy (non-hydrogen) atoms. The second-order valence-electron chi connectivity index (χ2n) is 5.23. The molecule has 0 aliphatic carbocycles. The number of aromatic nitrogens is 2. The van der Waals surface area contributed by atoms with E-state index in [1.165, 1.54) is 19.5 Å². The molecule has 2 heterocycles. The summed E-state index contributed by atoms with van der Waals surface area (Å²) in [5, 5.41) is 0. The van der Waals surface area contributed by atoms with Crippen molar-refractivity contribution in [3.8, 4) is 0 Å². The monoisotopic (exact) mass is 249 g/mol. The second kappa shape index (κ2) is 6.11. The summed E-state index contributed by atoms with van der Waals surface area (Å²) in [6.45, 7) is 4.05. The molecule has 0 radical (unpaired) electrons. The molecule has 5 heteroatoms. The molecule has 0 aromatic carbocycles. The number of likely N-dealkylation sites (tertiary alicyclic amines) is 1. The van der Waals surface area contributed by atoms with Gasteiger partial charge in [-0.05, 0) is 44.5 Å². The quantitative estimate of drug-likeness (QED) is 0.817. The Morgan fingerprint density at radius 2 is 2.17 bits per heavy atom.